The van der Waals surface area contributed by atoms with Crippen molar-refractivity contribution in [3.63, 3.8) is 0 Å². The molecule has 2 aromatic rings. The number of hydrogen-bond acceptors (Lipinski definition) is 2. The van der Waals surface area contributed by atoms with Crippen LogP contribution in [-0.2, 0) is 0 Å². The van der Waals surface area contributed by atoms with Crippen LogP contribution in [0, 0.1) is 5.92 Å². The molecule has 2 aromatic carbocycles. The van der Waals surface area contributed by atoms with E-state index in [1.807, 2.05) is 36.4 Å². The second-order valence-electron chi connectivity index (χ2n) is 5.17. The van der Waals surface area contributed by atoms with E-state index in [0.29, 0.717) is 5.56 Å². The van der Waals surface area contributed by atoms with E-state index in [1.54, 1.807) is 30.5 Å². The lowest BCUT2D eigenvalue weighted by Crippen LogP contribution is -2.17. The summed E-state index contributed by atoms with van der Waals surface area (Å²) in [6.45, 7) is 0. The first kappa shape index (κ1) is 15.1. The van der Waals surface area contributed by atoms with Crippen LogP contribution >= 0.6 is 23.2 Å². The number of nitrogens with one attached hydrogen (secondary N) is 1. The largest absolute Gasteiger partial charge is 0.271 e. The average Bonchev–Trinajstić information content (AvgIpc) is 3.10. The Morgan fingerprint density at radius 2 is 1.64 bits per heavy atom. The van der Waals surface area contributed by atoms with Gasteiger partial charge in [0.05, 0.1) is 0 Å². The molecule has 0 saturated heterocycles. The van der Waals surface area contributed by atoms with Crippen LogP contribution in [0.4, 0.5) is 0 Å². The molecule has 1 aliphatic rings. The maximum absolute atomic E-state index is 11.9. The maximum Gasteiger partial charge on any atom is 0.271 e. The molecule has 0 bridgehead atoms. The standard InChI is InChI=1S/C17H14Cl2N2O/c18-17(19)14(15(17)12-7-3-1-4-8-12)11-20-21-16(22)13-9-5-2-6-10-13/h1-11,14-15H,(H,21,22)/b20-11-/t14-,15-/m1/s1. The molecule has 1 N–H and O–H groups in total. The van der Waals surface area contributed by atoms with Crippen molar-refractivity contribution in [2.45, 2.75) is 10.3 Å². The Morgan fingerprint density at radius 1 is 1.05 bits per heavy atom. The number of carbonyl (C=O) groups excluding carboxylic acids is 1. The van der Waals surface area contributed by atoms with E-state index in [2.05, 4.69) is 10.5 Å². The molecule has 1 fully saturated rings. The molecule has 2 atom stereocenters. The molecule has 22 heavy (non-hydrogen) atoms. The third kappa shape index (κ3) is 3.01. The van der Waals surface area contributed by atoms with E-state index in [9.17, 15) is 4.79 Å². The van der Waals surface area contributed by atoms with Crippen LogP contribution < -0.4 is 5.43 Å². The van der Waals surface area contributed by atoms with Gasteiger partial charge < -0.3 is 0 Å². The fourth-order valence-corrected chi connectivity index (χ4v) is 3.22. The number of alkyl halides is 2. The third-order valence-corrected chi connectivity index (χ3v) is 4.68. The third-order valence-electron chi connectivity index (χ3n) is 3.70. The lowest BCUT2D eigenvalue weighted by molar-refractivity contribution is 0.0955. The van der Waals surface area contributed by atoms with Gasteiger partial charge in [-0.05, 0) is 17.7 Å². The highest BCUT2D eigenvalue weighted by atomic mass is 35.5. The number of amides is 1. The molecule has 1 aliphatic carbocycles. The number of nitrogens with zero attached hydrogens (tertiary/aromatic N) is 1. The van der Waals surface area contributed by atoms with Gasteiger partial charge in [-0.15, -0.1) is 23.2 Å². The van der Waals surface area contributed by atoms with Gasteiger partial charge in [-0.25, -0.2) is 5.43 Å². The Hall–Kier alpha value is -1.84. The summed E-state index contributed by atoms with van der Waals surface area (Å²) in [6, 6.07) is 18.7. The molecule has 0 radical (unpaired) electrons. The smallest absolute Gasteiger partial charge is 0.267 e. The van der Waals surface area contributed by atoms with Gasteiger partial charge in [-0.1, -0.05) is 48.5 Å². The zero-order chi connectivity index (χ0) is 15.6. The molecule has 5 heteroatoms. The quantitative estimate of drug-likeness (QED) is 0.513. The minimum atomic E-state index is -0.873. The summed E-state index contributed by atoms with van der Waals surface area (Å²) in [5.41, 5.74) is 4.11. The second-order valence-corrected chi connectivity index (χ2v) is 6.62. The van der Waals surface area contributed by atoms with Crippen molar-refractivity contribution in [3.8, 4) is 0 Å². The van der Waals surface area contributed by atoms with Crippen molar-refractivity contribution in [2.24, 2.45) is 11.0 Å². The SMILES string of the molecule is O=C(N/N=C\[C@@H]1[C@@H](c2ccccc2)C1(Cl)Cl)c1ccccc1. The lowest BCUT2D eigenvalue weighted by Gasteiger charge is -1.98. The topological polar surface area (TPSA) is 41.5 Å². The van der Waals surface area contributed by atoms with Gasteiger partial charge in [0, 0.05) is 23.6 Å². The van der Waals surface area contributed by atoms with Crippen molar-refractivity contribution in [2.75, 3.05) is 0 Å². The normalized spacial score (nSPS) is 22.5. The van der Waals surface area contributed by atoms with Gasteiger partial charge >= 0.3 is 0 Å². The molecule has 0 unspecified atom stereocenters. The highest BCUT2D eigenvalue weighted by Crippen LogP contribution is 2.63. The molecule has 3 nitrogen and oxygen atoms in total. The number of rotatable bonds is 4. The molecule has 0 spiro atoms. The summed E-state index contributed by atoms with van der Waals surface area (Å²) < 4.78 is -0.873. The number of carbonyl (C=O) groups is 1. The van der Waals surface area contributed by atoms with E-state index >= 15 is 0 Å². The molecule has 112 valence electrons. The Balaban J connectivity index is 1.63. The van der Waals surface area contributed by atoms with E-state index < -0.39 is 4.33 Å². The summed E-state index contributed by atoms with van der Waals surface area (Å²) in [6.07, 6.45) is 1.61. The highest BCUT2D eigenvalue weighted by molar-refractivity contribution is 6.53. The zero-order valence-electron chi connectivity index (χ0n) is 11.6. The predicted octanol–water partition coefficient (Wildman–Crippen LogP) is 3.99. The van der Waals surface area contributed by atoms with Crippen LogP contribution in [0.2, 0.25) is 0 Å². The van der Waals surface area contributed by atoms with Gasteiger partial charge in [-0.3, -0.25) is 4.79 Å². The average molecular weight is 333 g/mol. The van der Waals surface area contributed by atoms with E-state index in [4.69, 9.17) is 23.2 Å². The number of hydrogen-bond donors (Lipinski definition) is 1. The summed E-state index contributed by atoms with van der Waals surface area (Å²) in [5.74, 6) is -0.382. The fourth-order valence-electron chi connectivity index (χ4n) is 2.46. The second kappa shape index (κ2) is 6.11. The minimum absolute atomic E-state index is 0.00518. The van der Waals surface area contributed by atoms with Gasteiger partial charge in [-0.2, -0.15) is 5.10 Å². The fraction of sp³-hybridized carbons (Fsp3) is 0.176. The molecular weight excluding hydrogens is 319 g/mol. The molecule has 0 heterocycles. The minimum Gasteiger partial charge on any atom is -0.267 e. The van der Waals surface area contributed by atoms with Gasteiger partial charge in [0.25, 0.3) is 5.91 Å². The van der Waals surface area contributed by atoms with Crippen LogP contribution in [0.1, 0.15) is 21.8 Å². The van der Waals surface area contributed by atoms with Crippen LogP contribution in [0.3, 0.4) is 0 Å². The van der Waals surface area contributed by atoms with Crippen molar-refractivity contribution < 1.29 is 4.79 Å². The predicted molar refractivity (Wildman–Crippen MR) is 89.5 cm³/mol. The summed E-state index contributed by atoms with van der Waals surface area (Å²) in [4.78, 5) is 11.9. The van der Waals surface area contributed by atoms with Crippen molar-refractivity contribution in [3.05, 3.63) is 71.8 Å². The number of hydrazone groups is 1. The lowest BCUT2D eigenvalue weighted by atomic mass is 10.1. The van der Waals surface area contributed by atoms with Crippen molar-refractivity contribution in [1.82, 2.24) is 5.43 Å². The highest BCUT2D eigenvalue weighted by Gasteiger charge is 2.63. The van der Waals surface area contributed by atoms with Crippen LogP contribution in [0.15, 0.2) is 65.8 Å². The monoisotopic (exact) mass is 332 g/mol. The molecule has 1 amide bonds. The van der Waals surface area contributed by atoms with Crippen LogP contribution in [0.25, 0.3) is 0 Å². The van der Waals surface area contributed by atoms with E-state index in [0.717, 1.165) is 5.56 Å². The van der Waals surface area contributed by atoms with Crippen LogP contribution in [0.5, 0.6) is 0 Å². The summed E-state index contributed by atoms with van der Waals surface area (Å²) in [5, 5.41) is 3.99. The molecule has 0 aliphatic heterocycles. The van der Waals surface area contributed by atoms with Gasteiger partial charge in [0.2, 0.25) is 0 Å². The maximum atomic E-state index is 11.9. The van der Waals surface area contributed by atoms with E-state index in [-0.39, 0.29) is 17.7 Å². The first-order valence-electron chi connectivity index (χ1n) is 6.92. The molecule has 1 saturated carbocycles. The number of benzene rings is 2. The molecule has 0 aromatic heterocycles. The van der Waals surface area contributed by atoms with Crippen molar-refractivity contribution >= 4 is 35.3 Å². The Bertz CT molecular complexity index is 686. The van der Waals surface area contributed by atoms with Gasteiger partial charge in [0.15, 0.2) is 0 Å². The number of halogens is 2. The van der Waals surface area contributed by atoms with Crippen molar-refractivity contribution in [1.29, 1.82) is 0 Å². The van der Waals surface area contributed by atoms with Gasteiger partial charge in [0.1, 0.15) is 4.33 Å². The summed E-state index contributed by atoms with van der Waals surface area (Å²) >= 11 is 12.6. The zero-order valence-corrected chi connectivity index (χ0v) is 13.1. The van der Waals surface area contributed by atoms with Crippen LogP contribution in [-0.4, -0.2) is 16.5 Å². The first-order valence-corrected chi connectivity index (χ1v) is 7.67. The molecule has 3 rings (SSSR count). The Morgan fingerprint density at radius 3 is 2.27 bits per heavy atom. The molecular formula is C17H14Cl2N2O. The Labute approximate surface area is 138 Å². The Kier molecular flexibility index (Phi) is 4.19. The van der Waals surface area contributed by atoms with E-state index in [1.165, 1.54) is 0 Å². The summed E-state index contributed by atoms with van der Waals surface area (Å²) in [7, 11) is 0. The first-order chi connectivity index (χ1) is 10.6.